The standard InChI is InChI=1S/C16H23N3OS/c1-4-5-10-19(3)11-9-14(20)17-16-18-15-12(2)7-6-8-13(15)21-16/h6-8H,4-5,9-11H2,1-3H3,(H,17,18,20). The highest BCUT2D eigenvalue weighted by molar-refractivity contribution is 7.22. The van der Waals surface area contributed by atoms with Crippen molar-refractivity contribution in [3.8, 4) is 0 Å². The highest BCUT2D eigenvalue weighted by atomic mass is 32.1. The number of thiazole rings is 1. The number of para-hydroxylation sites is 1. The first-order valence-corrected chi connectivity index (χ1v) is 8.26. The summed E-state index contributed by atoms with van der Waals surface area (Å²) in [5.41, 5.74) is 2.13. The van der Waals surface area contributed by atoms with Crippen LogP contribution in [0.1, 0.15) is 31.7 Å². The monoisotopic (exact) mass is 305 g/mol. The van der Waals surface area contributed by atoms with E-state index in [0.29, 0.717) is 11.6 Å². The molecule has 21 heavy (non-hydrogen) atoms. The zero-order chi connectivity index (χ0) is 15.2. The minimum absolute atomic E-state index is 0.0371. The van der Waals surface area contributed by atoms with Crippen LogP contribution in [0.15, 0.2) is 18.2 Å². The number of aryl methyl sites for hydroxylation is 1. The van der Waals surface area contributed by atoms with E-state index in [1.807, 2.05) is 25.1 Å². The summed E-state index contributed by atoms with van der Waals surface area (Å²) in [6.07, 6.45) is 2.87. The van der Waals surface area contributed by atoms with Gasteiger partial charge in [-0.1, -0.05) is 36.8 Å². The highest BCUT2D eigenvalue weighted by Gasteiger charge is 2.09. The average Bonchev–Trinajstić information content (AvgIpc) is 2.87. The van der Waals surface area contributed by atoms with Crippen LogP contribution in [0.3, 0.4) is 0 Å². The Bertz CT molecular complexity index is 609. The molecule has 0 saturated carbocycles. The largest absolute Gasteiger partial charge is 0.306 e. The number of unbranched alkanes of at least 4 members (excludes halogenated alkanes) is 1. The third-order valence-electron chi connectivity index (χ3n) is 3.48. The summed E-state index contributed by atoms with van der Waals surface area (Å²) in [7, 11) is 2.06. The van der Waals surface area contributed by atoms with Crippen LogP contribution in [-0.4, -0.2) is 35.9 Å². The third kappa shape index (κ3) is 4.51. The lowest BCUT2D eigenvalue weighted by Gasteiger charge is -2.15. The first-order valence-electron chi connectivity index (χ1n) is 7.44. The molecule has 0 radical (unpaired) electrons. The van der Waals surface area contributed by atoms with Crippen molar-refractivity contribution in [2.45, 2.75) is 33.1 Å². The van der Waals surface area contributed by atoms with E-state index in [9.17, 15) is 4.79 Å². The van der Waals surface area contributed by atoms with Crippen molar-refractivity contribution in [3.63, 3.8) is 0 Å². The number of benzene rings is 1. The summed E-state index contributed by atoms with van der Waals surface area (Å²) in [4.78, 5) is 18.7. The number of fused-ring (bicyclic) bond motifs is 1. The van der Waals surface area contributed by atoms with Crippen molar-refractivity contribution in [2.75, 3.05) is 25.5 Å². The summed E-state index contributed by atoms with van der Waals surface area (Å²) in [5, 5.41) is 3.61. The SMILES string of the molecule is CCCCN(C)CCC(=O)Nc1nc2c(C)cccc2s1. The van der Waals surface area contributed by atoms with Crippen LogP contribution in [0.2, 0.25) is 0 Å². The van der Waals surface area contributed by atoms with E-state index < -0.39 is 0 Å². The topological polar surface area (TPSA) is 45.2 Å². The molecule has 114 valence electrons. The molecule has 4 nitrogen and oxygen atoms in total. The van der Waals surface area contributed by atoms with Crippen LogP contribution >= 0.6 is 11.3 Å². The molecule has 2 rings (SSSR count). The molecule has 0 aliphatic carbocycles. The Balaban J connectivity index is 1.88. The van der Waals surface area contributed by atoms with Gasteiger partial charge in [0.15, 0.2) is 5.13 Å². The predicted molar refractivity (Wildman–Crippen MR) is 90.0 cm³/mol. The zero-order valence-electron chi connectivity index (χ0n) is 13.0. The number of anilines is 1. The molecule has 0 bridgehead atoms. The Morgan fingerprint density at radius 3 is 2.90 bits per heavy atom. The molecule has 0 unspecified atom stereocenters. The van der Waals surface area contributed by atoms with Gasteiger partial charge in [0.1, 0.15) is 0 Å². The summed E-state index contributed by atoms with van der Waals surface area (Å²) < 4.78 is 1.12. The molecule has 0 saturated heterocycles. The summed E-state index contributed by atoms with van der Waals surface area (Å²) in [6.45, 7) is 6.05. The normalized spacial score (nSPS) is 11.2. The van der Waals surface area contributed by atoms with E-state index in [-0.39, 0.29) is 5.91 Å². The molecule has 0 atom stereocenters. The van der Waals surface area contributed by atoms with Crippen LogP contribution in [0, 0.1) is 6.92 Å². The maximum absolute atomic E-state index is 12.0. The number of rotatable bonds is 7. The van der Waals surface area contributed by atoms with E-state index in [0.717, 1.165) is 28.9 Å². The minimum Gasteiger partial charge on any atom is -0.306 e. The Hall–Kier alpha value is -1.46. The number of hydrogen-bond acceptors (Lipinski definition) is 4. The van der Waals surface area contributed by atoms with Crippen molar-refractivity contribution in [2.24, 2.45) is 0 Å². The molecular weight excluding hydrogens is 282 g/mol. The number of carbonyl (C=O) groups excluding carboxylic acids is 1. The molecule has 0 aliphatic heterocycles. The van der Waals surface area contributed by atoms with Crippen molar-refractivity contribution in [3.05, 3.63) is 23.8 Å². The summed E-state index contributed by atoms with van der Waals surface area (Å²) in [5.74, 6) is 0.0371. The molecule has 1 amide bonds. The fraction of sp³-hybridized carbons (Fsp3) is 0.500. The molecule has 1 aromatic carbocycles. The fourth-order valence-corrected chi connectivity index (χ4v) is 3.11. The molecule has 0 aliphatic rings. The molecule has 0 spiro atoms. The average molecular weight is 305 g/mol. The second-order valence-corrected chi connectivity index (χ2v) is 6.43. The molecule has 5 heteroatoms. The van der Waals surface area contributed by atoms with Gasteiger partial charge in [0.2, 0.25) is 5.91 Å². The van der Waals surface area contributed by atoms with E-state index >= 15 is 0 Å². The van der Waals surface area contributed by atoms with E-state index in [4.69, 9.17) is 0 Å². The van der Waals surface area contributed by atoms with Crippen molar-refractivity contribution in [1.29, 1.82) is 0 Å². The van der Waals surface area contributed by atoms with Gasteiger partial charge in [-0.2, -0.15) is 0 Å². The van der Waals surface area contributed by atoms with Gasteiger partial charge in [-0.05, 0) is 38.6 Å². The second kappa shape index (κ2) is 7.52. The van der Waals surface area contributed by atoms with Crippen LogP contribution in [-0.2, 0) is 4.79 Å². The van der Waals surface area contributed by atoms with Gasteiger partial charge < -0.3 is 10.2 Å². The lowest BCUT2D eigenvalue weighted by molar-refractivity contribution is -0.116. The first kappa shape index (κ1) is 15.9. The number of amides is 1. The lowest BCUT2D eigenvalue weighted by Crippen LogP contribution is -2.25. The smallest absolute Gasteiger partial charge is 0.227 e. The van der Waals surface area contributed by atoms with Crippen molar-refractivity contribution >= 4 is 32.6 Å². The van der Waals surface area contributed by atoms with Gasteiger partial charge in [0, 0.05) is 13.0 Å². The fourth-order valence-electron chi connectivity index (χ4n) is 2.15. The Labute approximate surface area is 130 Å². The van der Waals surface area contributed by atoms with E-state index in [2.05, 4.69) is 29.2 Å². The molecular formula is C16H23N3OS. The van der Waals surface area contributed by atoms with E-state index in [1.54, 1.807) is 0 Å². The quantitative estimate of drug-likeness (QED) is 0.849. The number of hydrogen-bond donors (Lipinski definition) is 1. The third-order valence-corrected chi connectivity index (χ3v) is 4.42. The van der Waals surface area contributed by atoms with E-state index in [1.165, 1.54) is 24.2 Å². The summed E-state index contributed by atoms with van der Waals surface area (Å²) in [6, 6.07) is 6.09. The minimum atomic E-state index is 0.0371. The second-order valence-electron chi connectivity index (χ2n) is 5.40. The molecule has 1 heterocycles. The van der Waals surface area contributed by atoms with Gasteiger partial charge in [0.05, 0.1) is 10.2 Å². The number of nitrogens with one attached hydrogen (secondary N) is 1. The molecule has 1 N–H and O–H groups in total. The molecule has 0 fully saturated rings. The molecule has 2 aromatic rings. The molecule has 1 aromatic heterocycles. The van der Waals surface area contributed by atoms with Gasteiger partial charge >= 0.3 is 0 Å². The zero-order valence-corrected chi connectivity index (χ0v) is 13.8. The Kier molecular flexibility index (Phi) is 5.70. The van der Waals surface area contributed by atoms with Crippen molar-refractivity contribution in [1.82, 2.24) is 9.88 Å². The van der Waals surface area contributed by atoms with Crippen LogP contribution in [0.25, 0.3) is 10.2 Å². The Morgan fingerprint density at radius 1 is 1.38 bits per heavy atom. The highest BCUT2D eigenvalue weighted by Crippen LogP contribution is 2.27. The first-order chi connectivity index (χ1) is 10.1. The number of aromatic nitrogens is 1. The van der Waals surface area contributed by atoms with Gasteiger partial charge in [0.25, 0.3) is 0 Å². The van der Waals surface area contributed by atoms with Crippen LogP contribution < -0.4 is 5.32 Å². The van der Waals surface area contributed by atoms with Crippen LogP contribution in [0.4, 0.5) is 5.13 Å². The lowest BCUT2D eigenvalue weighted by atomic mass is 10.2. The van der Waals surface area contributed by atoms with Gasteiger partial charge in [-0.15, -0.1) is 0 Å². The van der Waals surface area contributed by atoms with Gasteiger partial charge in [-0.3, -0.25) is 4.79 Å². The van der Waals surface area contributed by atoms with Gasteiger partial charge in [-0.25, -0.2) is 4.98 Å². The number of carbonyl (C=O) groups is 1. The maximum atomic E-state index is 12.0. The van der Waals surface area contributed by atoms with Crippen LogP contribution in [0.5, 0.6) is 0 Å². The van der Waals surface area contributed by atoms with Crippen molar-refractivity contribution < 1.29 is 4.79 Å². The maximum Gasteiger partial charge on any atom is 0.227 e. The summed E-state index contributed by atoms with van der Waals surface area (Å²) >= 11 is 1.53. The predicted octanol–water partition coefficient (Wildman–Crippen LogP) is 3.67. The number of nitrogens with zero attached hydrogens (tertiary/aromatic N) is 2. The Morgan fingerprint density at radius 2 is 2.19 bits per heavy atom.